The number of nitrogens with two attached hydrogens (primary N) is 1. The van der Waals surface area contributed by atoms with Crippen molar-refractivity contribution in [2.75, 3.05) is 13.1 Å². The van der Waals surface area contributed by atoms with Gasteiger partial charge in [0.2, 0.25) is 0 Å². The summed E-state index contributed by atoms with van der Waals surface area (Å²) >= 11 is 0. The highest BCUT2D eigenvalue weighted by molar-refractivity contribution is 6.07. The second-order valence-electron chi connectivity index (χ2n) is 8.82. The van der Waals surface area contributed by atoms with Crippen LogP contribution in [0.4, 0.5) is 4.39 Å². The maximum Gasteiger partial charge on any atom is 0.256 e. The Kier molecular flexibility index (Phi) is 7.69. The molecule has 1 aliphatic heterocycles. The van der Waals surface area contributed by atoms with Gasteiger partial charge in [0.05, 0.1) is 11.1 Å². The van der Waals surface area contributed by atoms with Gasteiger partial charge in [-0.25, -0.2) is 4.39 Å². The molecule has 4 aromatic rings. The summed E-state index contributed by atoms with van der Waals surface area (Å²) in [5.41, 5.74) is 10.2. The average Bonchev–Trinajstić information content (AvgIpc) is 3.27. The Labute approximate surface area is 211 Å². The molecule has 180 valence electrons. The number of nitrogens with zero attached hydrogens (tertiary/aromatic N) is 2. The van der Waals surface area contributed by atoms with Gasteiger partial charge in [-0.05, 0) is 53.7 Å². The summed E-state index contributed by atoms with van der Waals surface area (Å²) in [6, 6.07) is 23.2. The molecule has 0 bridgehead atoms. The van der Waals surface area contributed by atoms with Crippen molar-refractivity contribution < 1.29 is 9.18 Å². The lowest BCUT2D eigenvalue weighted by Gasteiger charge is -2.32. The first-order valence-corrected chi connectivity index (χ1v) is 11.7. The smallest absolute Gasteiger partial charge is 0.256 e. The Hall–Kier alpha value is -3.41. The molecule has 1 amide bonds. The van der Waals surface area contributed by atoms with Crippen LogP contribution in [0, 0.1) is 5.82 Å². The molecular weight excluding hydrogens is 461 g/mol. The van der Waals surface area contributed by atoms with E-state index >= 15 is 0 Å². The monoisotopic (exact) mass is 489 g/mol. The Morgan fingerprint density at radius 3 is 2.46 bits per heavy atom. The predicted molar refractivity (Wildman–Crippen MR) is 143 cm³/mol. The van der Waals surface area contributed by atoms with Crippen molar-refractivity contribution in [3.8, 4) is 0 Å². The fraction of sp³-hybridized carbons (Fsp3) is 0.207. The van der Waals surface area contributed by atoms with E-state index in [0.29, 0.717) is 25.2 Å². The molecule has 0 saturated carbocycles. The van der Waals surface area contributed by atoms with Crippen LogP contribution in [0.3, 0.4) is 0 Å². The lowest BCUT2D eigenvalue weighted by Crippen LogP contribution is -2.38. The topological polar surface area (TPSA) is 51.3 Å². The summed E-state index contributed by atoms with van der Waals surface area (Å²) in [5.74, 6) is -0.0568. The molecule has 3 aromatic carbocycles. The van der Waals surface area contributed by atoms with Crippen molar-refractivity contribution in [1.29, 1.82) is 0 Å². The number of hydrogen-bond donors (Lipinski definition) is 1. The molecule has 1 aliphatic rings. The van der Waals surface area contributed by atoms with E-state index < -0.39 is 0 Å². The minimum absolute atomic E-state index is 0. The van der Waals surface area contributed by atoms with Crippen molar-refractivity contribution in [2.24, 2.45) is 5.73 Å². The Morgan fingerprint density at radius 2 is 1.71 bits per heavy atom. The van der Waals surface area contributed by atoms with Crippen LogP contribution in [0.1, 0.15) is 45.8 Å². The van der Waals surface area contributed by atoms with Crippen LogP contribution in [0.2, 0.25) is 0 Å². The number of piperidine rings is 1. The van der Waals surface area contributed by atoms with E-state index in [9.17, 15) is 9.18 Å². The van der Waals surface area contributed by atoms with Gasteiger partial charge in [-0.3, -0.25) is 4.79 Å². The van der Waals surface area contributed by atoms with Crippen LogP contribution in [0.25, 0.3) is 23.2 Å². The first-order chi connectivity index (χ1) is 16.6. The van der Waals surface area contributed by atoms with E-state index in [1.165, 1.54) is 6.07 Å². The fourth-order valence-electron chi connectivity index (χ4n) is 4.83. The molecule has 6 heteroatoms. The SMILES string of the molecule is Cl.NCc1ccc(F)c(C2CCN(C(=O)c3cn(C=Cc4ccccc4)c4ccccc34)CC2)c1. The van der Waals surface area contributed by atoms with Crippen molar-refractivity contribution in [2.45, 2.75) is 25.3 Å². The van der Waals surface area contributed by atoms with Crippen LogP contribution in [0.5, 0.6) is 0 Å². The van der Waals surface area contributed by atoms with Gasteiger partial charge < -0.3 is 15.2 Å². The molecule has 0 unspecified atom stereocenters. The number of fused-ring (bicyclic) bond motifs is 1. The molecular formula is C29H29ClFN3O. The first-order valence-electron chi connectivity index (χ1n) is 11.7. The number of rotatable bonds is 5. The maximum atomic E-state index is 14.5. The Morgan fingerprint density at radius 1 is 1.00 bits per heavy atom. The summed E-state index contributed by atoms with van der Waals surface area (Å²) in [6.45, 7) is 1.61. The normalized spacial score (nSPS) is 14.4. The quantitative estimate of drug-likeness (QED) is 0.357. The zero-order valence-corrected chi connectivity index (χ0v) is 20.3. The van der Waals surface area contributed by atoms with Crippen LogP contribution in [0.15, 0.2) is 79.0 Å². The van der Waals surface area contributed by atoms with Crippen LogP contribution < -0.4 is 5.73 Å². The second-order valence-corrected chi connectivity index (χ2v) is 8.82. The van der Waals surface area contributed by atoms with Gasteiger partial charge in [0.15, 0.2) is 0 Å². The molecule has 0 radical (unpaired) electrons. The number of para-hydroxylation sites is 1. The number of hydrogen-bond acceptors (Lipinski definition) is 2. The second kappa shape index (κ2) is 10.9. The third-order valence-electron chi connectivity index (χ3n) is 6.72. The summed E-state index contributed by atoms with van der Waals surface area (Å²) in [7, 11) is 0. The molecule has 0 spiro atoms. The van der Waals surface area contributed by atoms with Gasteiger partial charge in [-0.2, -0.15) is 0 Å². The molecule has 1 fully saturated rings. The van der Waals surface area contributed by atoms with E-state index in [4.69, 9.17) is 5.73 Å². The average molecular weight is 490 g/mol. The predicted octanol–water partition coefficient (Wildman–Crippen LogP) is 6.31. The van der Waals surface area contributed by atoms with Crippen LogP contribution in [-0.2, 0) is 6.54 Å². The van der Waals surface area contributed by atoms with Gasteiger partial charge in [-0.15, -0.1) is 12.4 Å². The van der Waals surface area contributed by atoms with E-state index in [1.54, 1.807) is 6.07 Å². The molecule has 1 aromatic heterocycles. The Balaban J connectivity index is 0.00000289. The van der Waals surface area contributed by atoms with E-state index in [0.717, 1.165) is 40.4 Å². The number of carbonyl (C=O) groups excluding carboxylic acids is 1. The molecule has 0 atom stereocenters. The van der Waals surface area contributed by atoms with Crippen molar-refractivity contribution in [1.82, 2.24) is 9.47 Å². The van der Waals surface area contributed by atoms with Gasteiger partial charge in [-0.1, -0.05) is 60.7 Å². The van der Waals surface area contributed by atoms with Crippen LogP contribution in [-0.4, -0.2) is 28.5 Å². The summed E-state index contributed by atoms with van der Waals surface area (Å²) in [4.78, 5) is 15.4. The summed E-state index contributed by atoms with van der Waals surface area (Å²) < 4.78 is 16.5. The molecule has 0 aliphatic carbocycles. The highest BCUT2D eigenvalue weighted by Crippen LogP contribution is 2.32. The van der Waals surface area contributed by atoms with Crippen LogP contribution >= 0.6 is 12.4 Å². The van der Waals surface area contributed by atoms with E-state index in [2.05, 4.69) is 0 Å². The number of halogens is 2. The summed E-state index contributed by atoms with van der Waals surface area (Å²) in [6.07, 6.45) is 7.43. The number of aromatic nitrogens is 1. The maximum absolute atomic E-state index is 14.5. The standard InChI is InChI=1S/C29H28FN3O.ClH/c30-27-11-10-22(19-31)18-25(27)23-13-16-32(17-14-23)29(34)26-20-33(28-9-5-4-8-24(26)28)15-12-21-6-2-1-3-7-21;/h1-12,15,18,20,23H,13-14,16-17,19,31H2;1H. The molecule has 1 saturated heterocycles. The number of carbonyl (C=O) groups is 1. The molecule has 2 N–H and O–H groups in total. The van der Waals surface area contributed by atoms with E-state index in [1.807, 2.05) is 88.6 Å². The van der Waals surface area contributed by atoms with Crippen molar-refractivity contribution in [3.05, 3.63) is 107 Å². The van der Waals surface area contributed by atoms with Crippen molar-refractivity contribution >= 4 is 41.5 Å². The first kappa shape index (κ1) is 24.7. The minimum atomic E-state index is -0.185. The fourth-order valence-corrected chi connectivity index (χ4v) is 4.83. The highest BCUT2D eigenvalue weighted by Gasteiger charge is 2.27. The number of amides is 1. The molecule has 2 heterocycles. The highest BCUT2D eigenvalue weighted by atomic mass is 35.5. The third kappa shape index (κ3) is 5.16. The largest absolute Gasteiger partial charge is 0.339 e. The van der Waals surface area contributed by atoms with Crippen molar-refractivity contribution in [3.63, 3.8) is 0 Å². The number of benzene rings is 3. The minimum Gasteiger partial charge on any atom is -0.339 e. The van der Waals surface area contributed by atoms with Gasteiger partial charge in [0, 0.05) is 37.4 Å². The Bertz CT molecular complexity index is 1340. The zero-order chi connectivity index (χ0) is 23.5. The molecule has 5 rings (SSSR count). The lowest BCUT2D eigenvalue weighted by atomic mass is 9.88. The van der Waals surface area contributed by atoms with E-state index in [-0.39, 0.29) is 30.0 Å². The third-order valence-corrected chi connectivity index (χ3v) is 6.72. The lowest BCUT2D eigenvalue weighted by molar-refractivity contribution is 0.0714. The van der Waals surface area contributed by atoms with Gasteiger partial charge >= 0.3 is 0 Å². The molecule has 4 nitrogen and oxygen atoms in total. The summed E-state index contributed by atoms with van der Waals surface area (Å²) in [5, 5.41) is 0.939. The van der Waals surface area contributed by atoms with Gasteiger partial charge in [0.1, 0.15) is 5.82 Å². The van der Waals surface area contributed by atoms with Gasteiger partial charge in [0.25, 0.3) is 5.91 Å². The molecule has 35 heavy (non-hydrogen) atoms. The number of likely N-dealkylation sites (tertiary alicyclic amines) is 1. The zero-order valence-electron chi connectivity index (χ0n) is 19.4.